The summed E-state index contributed by atoms with van der Waals surface area (Å²) in [6.45, 7) is 2.00. The molecule has 0 fully saturated rings. The molecule has 31 heavy (non-hydrogen) atoms. The van der Waals surface area contributed by atoms with Crippen molar-refractivity contribution in [3.63, 3.8) is 0 Å². The number of nitrogens with one attached hydrogen (secondary N) is 2. The SMILES string of the molecule is CCOc1ccc(C(=O)Nc2ccc(NC(=O)Cc3ccccc3)cc2)cc1[N+](=O)[O-]. The van der Waals surface area contributed by atoms with Crippen LogP contribution in [0.3, 0.4) is 0 Å². The van der Waals surface area contributed by atoms with E-state index >= 15 is 0 Å². The summed E-state index contributed by atoms with van der Waals surface area (Å²) in [5, 5.41) is 16.7. The van der Waals surface area contributed by atoms with E-state index in [9.17, 15) is 19.7 Å². The number of amides is 2. The molecule has 0 heterocycles. The van der Waals surface area contributed by atoms with Crippen molar-refractivity contribution in [1.82, 2.24) is 0 Å². The van der Waals surface area contributed by atoms with Crippen LogP contribution >= 0.6 is 0 Å². The summed E-state index contributed by atoms with van der Waals surface area (Å²) in [5.41, 5.74) is 1.85. The summed E-state index contributed by atoms with van der Waals surface area (Å²) in [4.78, 5) is 35.3. The van der Waals surface area contributed by atoms with Crippen LogP contribution in [0.4, 0.5) is 17.1 Å². The molecule has 0 aliphatic carbocycles. The van der Waals surface area contributed by atoms with Gasteiger partial charge in [-0.2, -0.15) is 0 Å². The zero-order chi connectivity index (χ0) is 22.2. The van der Waals surface area contributed by atoms with Gasteiger partial charge in [0.2, 0.25) is 5.91 Å². The van der Waals surface area contributed by atoms with E-state index in [-0.39, 0.29) is 35.9 Å². The maximum atomic E-state index is 12.5. The summed E-state index contributed by atoms with van der Waals surface area (Å²) >= 11 is 0. The number of hydrogen-bond acceptors (Lipinski definition) is 5. The van der Waals surface area contributed by atoms with Gasteiger partial charge in [0.15, 0.2) is 5.75 Å². The molecule has 3 rings (SSSR count). The van der Waals surface area contributed by atoms with Crippen molar-refractivity contribution in [2.75, 3.05) is 17.2 Å². The molecule has 0 aromatic heterocycles. The molecule has 158 valence electrons. The number of benzene rings is 3. The van der Waals surface area contributed by atoms with E-state index in [1.165, 1.54) is 18.2 Å². The number of ether oxygens (including phenoxy) is 1. The average Bonchev–Trinajstić information content (AvgIpc) is 2.76. The van der Waals surface area contributed by atoms with Crippen LogP contribution in [-0.4, -0.2) is 23.3 Å². The van der Waals surface area contributed by atoms with Crippen molar-refractivity contribution < 1.29 is 19.2 Å². The number of anilines is 2. The van der Waals surface area contributed by atoms with E-state index in [1.807, 2.05) is 30.3 Å². The Labute approximate surface area is 179 Å². The number of carbonyl (C=O) groups excluding carboxylic acids is 2. The third-order valence-corrected chi connectivity index (χ3v) is 4.35. The van der Waals surface area contributed by atoms with Gasteiger partial charge < -0.3 is 15.4 Å². The standard InChI is InChI=1S/C23H21N3O5/c1-2-31-21-13-8-17(15-20(21)26(29)30)23(28)25-19-11-9-18(10-12-19)24-22(27)14-16-6-4-3-5-7-16/h3-13,15H,2,14H2,1H3,(H,24,27)(H,25,28). The molecular formula is C23H21N3O5. The van der Waals surface area contributed by atoms with Crippen molar-refractivity contribution in [3.05, 3.63) is 94.0 Å². The van der Waals surface area contributed by atoms with Gasteiger partial charge in [-0.05, 0) is 48.9 Å². The van der Waals surface area contributed by atoms with Gasteiger partial charge >= 0.3 is 5.69 Å². The quantitative estimate of drug-likeness (QED) is 0.415. The van der Waals surface area contributed by atoms with Gasteiger partial charge in [0.1, 0.15) is 0 Å². The van der Waals surface area contributed by atoms with E-state index in [0.29, 0.717) is 11.4 Å². The Morgan fingerprint density at radius 1 is 0.935 bits per heavy atom. The Morgan fingerprint density at radius 3 is 2.19 bits per heavy atom. The van der Waals surface area contributed by atoms with Gasteiger partial charge in [0.05, 0.1) is 18.0 Å². The van der Waals surface area contributed by atoms with E-state index in [4.69, 9.17) is 4.74 Å². The molecule has 0 aliphatic rings. The minimum atomic E-state index is -0.589. The minimum Gasteiger partial charge on any atom is -0.487 e. The fraction of sp³-hybridized carbons (Fsp3) is 0.130. The van der Waals surface area contributed by atoms with Gasteiger partial charge in [0.25, 0.3) is 5.91 Å². The molecule has 2 N–H and O–H groups in total. The first kappa shape index (κ1) is 21.5. The summed E-state index contributed by atoms with van der Waals surface area (Å²) < 4.78 is 5.23. The zero-order valence-corrected chi connectivity index (χ0v) is 16.8. The molecule has 0 radical (unpaired) electrons. The predicted molar refractivity (Wildman–Crippen MR) is 117 cm³/mol. The molecule has 8 heteroatoms. The fourth-order valence-corrected chi connectivity index (χ4v) is 2.91. The first-order valence-corrected chi connectivity index (χ1v) is 9.62. The van der Waals surface area contributed by atoms with E-state index in [1.54, 1.807) is 31.2 Å². The molecule has 0 saturated heterocycles. The fourth-order valence-electron chi connectivity index (χ4n) is 2.91. The van der Waals surface area contributed by atoms with Crippen LogP contribution in [0.2, 0.25) is 0 Å². The van der Waals surface area contributed by atoms with Crippen molar-refractivity contribution in [3.8, 4) is 5.75 Å². The van der Waals surface area contributed by atoms with Crippen molar-refractivity contribution in [1.29, 1.82) is 0 Å². The third-order valence-electron chi connectivity index (χ3n) is 4.35. The highest BCUT2D eigenvalue weighted by molar-refractivity contribution is 6.05. The average molecular weight is 419 g/mol. The van der Waals surface area contributed by atoms with Gasteiger partial charge in [-0.25, -0.2) is 0 Å². The van der Waals surface area contributed by atoms with Crippen molar-refractivity contribution in [2.45, 2.75) is 13.3 Å². The zero-order valence-electron chi connectivity index (χ0n) is 16.8. The Hall–Kier alpha value is -4.20. The molecule has 0 aliphatic heterocycles. The second-order valence-electron chi connectivity index (χ2n) is 6.61. The number of hydrogen-bond donors (Lipinski definition) is 2. The first-order valence-electron chi connectivity index (χ1n) is 9.62. The summed E-state index contributed by atoms with van der Waals surface area (Å²) in [7, 11) is 0. The minimum absolute atomic E-state index is 0.111. The van der Waals surface area contributed by atoms with Crippen LogP contribution in [-0.2, 0) is 11.2 Å². The molecule has 0 spiro atoms. The summed E-state index contributed by atoms with van der Waals surface area (Å²) in [5.74, 6) is -0.531. The smallest absolute Gasteiger partial charge is 0.311 e. The lowest BCUT2D eigenvalue weighted by Crippen LogP contribution is -2.15. The predicted octanol–water partition coefficient (Wildman–Crippen LogP) is 4.43. The van der Waals surface area contributed by atoms with Gasteiger partial charge in [-0.1, -0.05) is 30.3 Å². The number of nitrogens with zero attached hydrogens (tertiary/aromatic N) is 1. The second kappa shape index (κ2) is 10.0. The first-order chi connectivity index (χ1) is 15.0. The van der Waals surface area contributed by atoms with E-state index in [2.05, 4.69) is 10.6 Å². The largest absolute Gasteiger partial charge is 0.487 e. The Morgan fingerprint density at radius 2 is 1.58 bits per heavy atom. The van der Waals surface area contributed by atoms with Gasteiger partial charge in [0, 0.05) is 23.0 Å². The molecule has 8 nitrogen and oxygen atoms in total. The Kier molecular flexibility index (Phi) is 6.95. The highest BCUT2D eigenvalue weighted by atomic mass is 16.6. The molecule has 3 aromatic rings. The van der Waals surface area contributed by atoms with Crippen LogP contribution in [0, 0.1) is 10.1 Å². The molecule has 0 bridgehead atoms. The lowest BCUT2D eigenvalue weighted by Gasteiger charge is -2.09. The van der Waals surface area contributed by atoms with Gasteiger partial charge in [-0.15, -0.1) is 0 Å². The van der Waals surface area contributed by atoms with Crippen molar-refractivity contribution in [2.24, 2.45) is 0 Å². The number of rotatable bonds is 8. The van der Waals surface area contributed by atoms with E-state index < -0.39 is 10.8 Å². The number of carbonyl (C=O) groups is 2. The number of nitro groups is 1. The maximum absolute atomic E-state index is 12.5. The maximum Gasteiger partial charge on any atom is 0.311 e. The van der Waals surface area contributed by atoms with Crippen LogP contribution in [0.25, 0.3) is 0 Å². The lowest BCUT2D eigenvalue weighted by molar-refractivity contribution is -0.385. The third kappa shape index (κ3) is 5.89. The highest BCUT2D eigenvalue weighted by Crippen LogP contribution is 2.28. The summed E-state index contributed by atoms with van der Waals surface area (Å²) in [6, 6.07) is 20.0. The van der Waals surface area contributed by atoms with Crippen LogP contribution in [0.1, 0.15) is 22.8 Å². The number of nitro benzene ring substituents is 1. The molecular weight excluding hydrogens is 398 g/mol. The Bertz CT molecular complexity index is 1080. The Balaban J connectivity index is 1.63. The second-order valence-corrected chi connectivity index (χ2v) is 6.61. The van der Waals surface area contributed by atoms with Crippen LogP contribution < -0.4 is 15.4 Å². The van der Waals surface area contributed by atoms with E-state index in [0.717, 1.165) is 5.56 Å². The summed E-state index contributed by atoms with van der Waals surface area (Å²) in [6.07, 6.45) is 0.260. The normalized spacial score (nSPS) is 10.2. The monoisotopic (exact) mass is 419 g/mol. The topological polar surface area (TPSA) is 111 Å². The highest BCUT2D eigenvalue weighted by Gasteiger charge is 2.18. The van der Waals surface area contributed by atoms with Crippen LogP contribution in [0.5, 0.6) is 5.75 Å². The molecule has 0 unspecified atom stereocenters. The molecule has 3 aromatic carbocycles. The van der Waals surface area contributed by atoms with Crippen molar-refractivity contribution >= 4 is 28.9 Å². The molecule has 0 saturated carbocycles. The molecule has 2 amide bonds. The van der Waals surface area contributed by atoms with Crippen LogP contribution in [0.15, 0.2) is 72.8 Å². The van der Waals surface area contributed by atoms with Gasteiger partial charge in [-0.3, -0.25) is 19.7 Å². The molecule has 0 atom stereocenters. The lowest BCUT2D eigenvalue weighted by atomic mass is 10.1.